The zero-order chi connectivity index (χ0) is 19.4. The average Bonchev–Trinajstić information content (AvgIpc) is 3.06. The van der Waals surface area contributed by atoms with Crippen molar-refractivity contribution in [3.63, 3.8) is 0 Å². The van der Waals surface area contributed by atoms with Gasteiger partial charge >= 0.3 is 0 Å². The van der Waals surface area contributed by atoms with E-state index in [1.54, 1.807) is 23.8 Å². The summed E-state index contributed by atoms with van der Waals surface area (Å²) in [5.41, 5.74) is 6.53. The zero-order valence-corrected chi connectivity index (χ0v) is 15.7. The third kappa shape index (κ3) is 4.23. The summed E-state index contributed by atoms with van der Waals surface area (Å²) in [5.74, 6) is -0.119. The SMILES string of the molecule is COCCc1nc2scc(-c3ccc(F)cc3)c2c(=O)n1CCCC(N)=O. The number of thiophene rings is 1. The Bertz CT molecular complexity index is 1010. The van der Waals surface area contributed by atoms with Gasteiger partial charge in [0.1, 0.15) is 16.5 Å². The topological polar surface area (TPSA) is 87.2 Å². The van der Waals surface area contributed by atoms with Gasteiger partial charge in [-0.3, -0.25) is 14.2 Å². The minimum absolute atomic E-state index is 0.170. The van der Waals surface area contributed by atoms with E-state index in [1.165, 1.54) is 23.5 Å². The van der Waals surface area contributed by atoms with Crippen LogP contribution in [-0.4, -0.2) is 29.2 Å². The Morgan fingerprint density at radius 2 is 2.07 bits per heavy atom. The van der Waals surface area contributed by atoms with E-state index < -0.39 is 5.91 Å². The van der Waals surface area contributed by atoms with Crippen LogP contribution in [0.3, 0.4) is 0 Å². The molecule has 0 aliphatic heterocycles. The highest BCUT2D eigenvalue weighted by atomic mass is 32.1. The molecule has 0 aliphatic rings. The van der Waals surface area contributed by atoms with Gasteiger partial charge in [0.25, 0.3) is 5.56 Å². The van der Waals surface area contributed by atoms with E-state index in [9.17, 15) is 14.0 Å². The van der Waals surface area contributed by atoms with Crippen LogP contribution >= 0.6 is 11.3 Å². The quantitative estimate of drug-likeness (QED) is 0.642. The Labute approximate surface area is 159 Å². The number of hydrogen-bond acceptors (Lipinski definition) is 5. The number of nitrogens with two attached hydrogens (primary N) is 1. The standard InChI is InChI=1S/C19H20FN3O3S/c1-26-10-8-16-22-18-17(19(25)23(16)9-2-3-15(21)24)14(11-27-18)12-4-6-13(20)7-5-12/h4-7,11H,2-3,8-10H2,1H3,(H2,21,24). The van der Waals surface area contributed by atoms with Crippen molar-refractivity contribution in [3.8, 4) is 11.1 Å². The van der Waals surface area contributed by atoms with Crippen LogP contribution in [0.1, 0.15) is 18.7 Å². The van der Waals surface area contributed by atoms with E-state index in [0.717, 1.165) is 11.1 Å². The predicted molar refractivity (Wildman–Crippen MR) is 103 cm³/mol. The summed E-state index contributed by atoms with van der Waals surface area (Å²) in [6, 6.07) is 6.02. The number of amides is 1. The highest BCUT2D eigenvalue weighted by Gasteiger charge is 2.17. The number of ether oxygens (including phenoxy) is 1. The van der Waals surface area contributed by atoms with Crippen LogP contribution in [0.5, 0.6) is 0 Å². The van der Waals surface area contributed by atoms with Crippen molar-refractivity contribution in [1.82, 2.24) is 9.55 Å². The van der Waals surface area contributed by atoms with Crippen LogP contribution in [0, 0.1) is 5.82 Å². The molecule has 142 valence electrons. The molecule has 0 saturated heterocycles. The third-order valence-electron chi connectivity index (χ3n) is 4.26. The molecule has 1 aromatic carbocycles. The summed E-state index contributed by atoms with van der Waals surface area (Å²) >= 11 is 1.38. The zero-order valence-electron chi connectivity index (χ0n) is 14.9. The van der Waals surface area contributed by atoms with Gasteiger partial charge in [0.05, 0.1) is 12.0 Å². The molecule has 6 nitrogen and oxygen atoms in total. The number of carbonyl (C=O) groups excluding carboxylic acids is 1. The molecular formula is C19H20FN3O3S. The van der Waals surface area contributed by atoms with E-state index >= 15 is 0 Å². The maximum Gasteiger partial charge on any atom is 0.262 e. The fraction of sp³-hybridized carbons (Fsp3) is 0.316. The molecule has 3 rings (SSSR count). The van der Waals surface area contributed by atoms with Crippen molar-refractivity contribution in [3.05, 3.63) is 51.6 Å². The van der Waals surface area contributed by atoms with Crippen LogP contribution < -0.4 is 11.3 Å². The normalized spacial score (nSPS) is 11.2. The molecule has 0 radical (unpaired) electrons. The van der Waals surface area contributed by atoms with Crippen LogP contribution in [-0.2, 0) is 22.5 Å². The molecule has 2 aromatic heterocycles. The Balaban J connectivity index is 2.09. The highest BCUT2D eigenvalue weighted by molar-refractivity contribution is 7.17. The molecule has 0 atom stereocenters. The summed E-state index contributed by atoms with van der Waals surface area (Å²) < 4.78 is 19.9. The van der Waals surface area contributed by atoms with Gasteiger partial charge in [-0.2, -0.15) is 0 Å². The number of rotatable bonds is 8. The van der Waals surface area contributed by atoms with Crippen molar-refractivity contribution in [2.24, 2.45) is 5.73 Å². The van der Waals surface area contributed by atoms with E-state index in [2.05, 4.69) is 4.98 Å². The van der Waals surface area contributed by atoms with Gasteiger partial charge in [0.2, 0.25) is 5.91 Å². The van der Waals surface area contributed by atoms with Gasteiger partial charge in [-0.15, -0.1) is 11.3 Å². The van der Waals surface area contributed by atoms with E-state index in [1.807, 2.05) is 5.38 Å². The van der Waals surface area contributed by atoms with Crippen LogP contribution in [0.25, 0.3) is 21.3 Å². The second-order valence-electron chi connectivity index (χ2n) is 6.13. The second kappa shape index (κ2) is 8.41. The number of primary amides is 1. The second-order valence-corrected chi connectivity index (χ2v) is 6.99. The molecule has 3 aromatic rings. The van der Waals surface area contributed by atoms with Crippen molar-refractivity contribution >= 4 is 27.5 Å². The smallest absolute Gasteiger partial charge is 0.262 e. The van der Waals surface area contributed by atoms with Gasteiger partial charge in [0, 0.05) is 37.4 Å². The third-order valence-corrected chi connectivity index (χ3v) is 5.13. The van der Waals surface area contributed by atoms with Crippen molar-refractivity contribution in [1.29, 1.82) is 0 Å². The summed E-state index contributed by atoms with van der Waals surface area (Å²) in [7, 11) is 1.59. The van der Waals surface area contributed by atoms with Gasteiger partial charge in [-0.25, -0.2) is 9.37 Å². The number of fused-ring (bicyclic) bond motifs is 1. The van der Waals surface area contributed by atoms with Crippen LogP contribution in [0.2, 0.25) is 0 Å². The molecule has 0 saturated carbocycles. The molecule has 2 N–H and O–H groups in total. The predicted octanol–water partition coefficient (Wildman–Crippen LogP) is 2.72. The molecule has 1 amide bonds. The Morgan fingerprint density at radius 3 is 2.74 bits per heavy atom. The molecule has 0 fully saturated rings. The Kier molecular flexibility index (Phi) is 5.98. The van der Waals surface area contributed by atoms with Gasteiger partial charge in [-0.1, -0.05) is 12.1 Å². The number of nitrogens with zero attached hydrogens (tertiary/aromatic N) is 2. The fourth-order valence-corrected chi connectivity index (χ4v) is 3.89. The molecular weight excluding hydrogens is 369 g/mol. The van der Waals surface area contributed by atoms with Crippen molar-refractivity contribution in [2.45, 2.75) is 25.8 Å². The number of halogens is 1. The van der Waals surface area contributed by atoms with Crippen LogP contribution in [0.4, 0.5) is 4.39 Å². The lowest BCUT2D eigenvalue weighted by Crippen LogP contribution is -2.26. The fourth-order valence-electron chi connectivity index (χ4n) is 2.93. The Hall–Kier alpha value is -2.58. The van der Waals surface area contributed by atoms with E-state index in [4.69, 9.17) is 10.5 Å². The number of methoxy groups -OCH3 is 1. The number of carbonyl (C=O) groups is 1. The van der Waals surface area contributed by atoms with Gasteiger partial charge in [-0.05, 0) is 24.1 Å². The molecule has 0 spiro atoms. The molecule has 0 unspecified atom stereocenters. The number of hydrogen-bond donors (Lipinski definition) is 1. The van der Waals surface area contributed by atoms with Crippen molar-refractivity contribution < 1.29 is 13.9 Å². The first kappa shape index (κ1) is 19.2. The van der Waals surface area contributed by atoms with Crippen molar-refractivity contribution in [2.75, 3.05) is 13.7 Å². The van der Waals surface area contributed by atoms with Gasteiger partial charge in [0.15, 0.2) is 0 Å². The Morgan fingerprint density at radius 1 is 1.33 bits per heavy atom. The lowest BCUT2D eigenvalue weighted by atomic mass is 10.1. The first-order valence-electron chi connectivity index (χ1n) is 8.55. The summed E-state index contributed by atoms with van der Waals surface area (Å²) in [4.78, 5) is 29.5. The summed E-state index contributed by atoms with van der Waals surface area (Å²) in [5, 5.41) is 2.37. The number of aromatic nitrogens is 2. The maximum absolute atomic E-state index is 13.2. The highest BCUT2D eigenvalue weighted by Crippen LogP contribution is 2.31. The molecule has 8 heteroatoms. The lowest BCUT2D eigenvalue weighted by Gasteiger charge is -2.12. The van der Waals surface area contributed by atoms with E-state index in [-0.39, 0.29) is 17.8 Å². The first-order chi connectivity index (χ1) is 13.0. The first-order valence-corrected chi connectivity index (χ1v) is 9.43. The van der Waals surface area contributed by atoms with E-state index in [0.29, 0.717) is 42.0 Å². The summed E-state index contributed by atoms with van der Waals surface area (Å²) in [6.45, 7) is 0.784. The monoisotopic (exact) mass is 389 g/mol. The maximum atomic E-state index is 13.2. The average molecular weight is 389 g/mol. The van der Waals surface area contributed by atoms with Crippen LogP contribution in [0.15, 0.2) is 34.4 Å². The lowest BCUT2D eigenvalue weighted by molar-refractivity contribution is -0.118. The minimum Gasteiger partial charge on any atom is -0.384 e. The molecule has 0 bridgehead atoms. The largest absolute Gasteiger partial charge is 0.384 e. The molecule has 2 heterocycles. The minimum atomic E-state index is -0.405. The van der Waals surface area contributed by atoms with Gasteiger partial charge < -0.3 is 10.5 Å². The molecule has 27 heavy (non-hydrogen) atoms. The number of benzene rings is 1. The summed E-state index contributed by atoms with van der Waals surface area (Å²) in [6.07, 6.45) is 1.14. The molecule has 0 aliphatic carbocycles.